The van der Waals surface area contributed by atoms with Gasteiger partial charge in [0.2, 0.25) is 0 Å². The highest BCUT2D eigenvalue weighted by molar-refractivity contribution is 5.02. The fraction of sp³-hybridized carbons (Fsp3) is 0.556. The third-order valence-corrected chi connectivity index (χ3v) is 2.30. The molecule has 13 heavy (non-hydrogen) atoms. The summed E-state index contributed by atoms with van der Waals surface area (Å²) in [5.74, 6) is 0.577. The van der Waals surface area contributed by atoms with Gasteiger partial charge in [0.05, 0.1) is 12.7 Å². The lowest BCUT2D eigenvalue weighted by Crippen LogP contribution is -2.45. The molecule has 1 saturated heterocycles. The third-order valence-electron chi connectivity index (χ3n) is 2.30. The summed E-state index contributed by atoms with van der Waals surface area (Å²) in [5, 5.41) is 7.25. The molecule has 0 amide bonds. The second-order valence-electron chi connectivity index (χ2n) is 3.58. The summed E-state index contributed by atoms with van der Waals surface area (Å²) in [5.41, 5.74) is 0.930. The predicted molar refractivity (Wildman–Crippen MR) is 49.6 cm³/mol. The number of aryl methyl sites for hydroxylation is 1. The van der Waals surface area contributed by atoms with Crippen molar-refractivity contribution in [2.24, 2.45) is 5.92 Å². The SMILES string of the molecule is Cc1cnn(CC2CNC2)c(=O)c1. The zero-order chi connectivity index (χ0) is 9.26. The van der Waals surface area contributed by atoms with Crippen molar-refractivity contribution in [3.05, 3.63) is 28.2 Å². The molecule has 0 unspecified atom stereocenters. The molecule has 0 spiro atoms. The Bertz CT molecular complexity index is 354. The Morgan fingerprint density at radius 1 is 1.69 bits per heavy atom. The summed E-state index contributed by atoms with van der Waals surface area (Å²) < 4.78 is 1.54. The van der Waals surface area contributed by atoms with Gasteiger partial charge in [-0.15, -0.1) is 0 Å². The van der Waals surface area contributed by atoms with E-state index < -0.39 is 0 Å². The minimum absolute atomic E-state index is 0.00639. The van der Waals surface area contributed by atoms with Crippen LogP contribution in [0.4, 0.5) is 0 Å². The van der Waals surface area contributed by atoms with Gasteiger partial charge in [0, 0.05) is 25.1 Å². The van der Waals surface area contributed by atoms with Crippen LogP contribution in [0.15, 0.2) is 17.1 Å². The molecular formula is C9H13N3O. The summed E-state index contributed by atoms with van der Waals surface area (Å²) in [6.07, 6.45) is 1.73. The molecule has 0 bridgehead atoms. The average molecular weight is 179 g/mol. The van der Waals surface area contributed by atoms with Crippen molar-refractivity contribution in [1.29, 1.82) is 0 Å². The Hall–Kier alpha value is -1.16. The molecule has 1 aromatic rings. The van der Waals surface area contributed by atoms with Crippen LogP contribution in [0.3, 0.4) is 0 Å². The summed E-state index contributed by atoms with van der Waals surface area (Å²) in [4.78, 5) is 11.4. The summed E-state index contributed by atoms with van der Waals surface area (Å²) in [6.45, 7) is 4.62. The number of rotatable bonds is 2. The summed E-state index contributed by atoms with van der Waals surface area (Å²) in [6, 6.07) is 1.62. The maximum atomic E-state index is 11.4. The smallest absolute Gasteiger partial charge is 0.266 e. The Labute approximate surface area is 76.6 Å². The molecular weight excluding hydrogens is 166 g/mol. The van der Waals surface area contributed by atoms with Gasteiger partial charge in [-0.3, -0.25) is 4.79 Å². The first-order valence-corrected chi connectivity index (χ1v) is 4.50. The van der Waals surface area contributed by atoms with Crippen LogP contribution >= 0.6 is 0 Å². The monoisotopic (exact) mass is 179 g/mol. The van der Waals surface area contributed by atoms with Crippen molar-refractivity contribution < 1.29 is 0 Å². The van der Waals surface area contributed by atoms with Gasteiger partial charge in [0.25, 0.3) is 5.56 Å². The van der Waals surface area contributed by atoms with Crippen LogP contribution in [0, 0.1) is 12.8 Å². The number of hydrogen-bond acceptors (Lipinski definition) is 3. The number of hydrogen-bond donors (Lipinski definition) is 1. The average Bonchev–Trinajstić information content (AvgIpc) is 1.99. The minimum Gasteiger partial charge on any atom is -0.316 e. The molecule has 1 N–H and O–H groups in total. The zero-order valence-electron chi connectivity index (χ0n) is 7.66. The maximum absolute atomic E-state index is 11.4. The highest BCUT2D eigenvalue weighted by atomic mass is 16.1. The molecule has 0 aromatic carbocycles. The van der Waals surface area contributed by atoms with E-state index in [0.29, 0.717) is 5.92 Å². The summed E-state index contributed by atoms with van der Waals surface area (Å²) >= 11 is 0. The third kappa shape index (κ3) is 1.78. The normalized spacial score (nSPS) is 17.0. The quantitative estimate of drug-likeness (QED) is 0.682. The molecule has 2 rings (SSSR count). The van der Waals surface area contributed by atoms with Crippen LogP contribution in [0.25, 0.3) is 0 Å². The summed E-state index contributed by atoms with van der Waals surface area (Å²) in [7, 11) is 0. The van der Waals surface area contributed by atoms with E-state index in [-0.39, 0.29) is 5.56 Å². The van der Waals surface area contributed by atoms with Crippen LogP contribution in [0.5, 0.6) is 0 Å². The predicted octanol–water partition coefficient (Wildman–Crippen LogP) is -0.229. The van der Waals surface area contributed by atoms with Crippen molar-refractivity contribution >= 4 is 0 Å². The largest absolute Gasteiger partial charge is 0.316 e. The molecule has 0 aliphatic carbocycles. The van der Waals surface area contributed by atoms with E-state index in [1.165, 1.54) is 0 Å². The van der Waals surface area contributed by atoms with Gasteiger partial charge < -0.3 is 5.32 Å². The first-order valence-electron chi connectivity index (χ1n) is 4.50. The number of nitrogens with zero attached hydrogens (tertiary/aromatic N) is 2. The zero-order valence-corrected chi connectivity index (χ0v) is 7.66. The van der Waals surface area contributed by atoms with Gasteiger partial charge in [-0.25, -0.2) is 4.68 Å². The lowest BCUT2D eigenvalue weighted by molar-refractivity contribution is 0.290. The van der Waals surface area contributed by atoms with E-state index in [0.717, 1.165) is 25.2 Å². The van der Waals surface area contributed by atoms with Crippen molar-refractivity contribution in [1.82, 2.24) is 15.1 Å². The number of aromatic nitrogens is 2. The second kappa shape index (κ2) is 3.30. The van der Waals surface area contributed by atoms with Gasteiger partial charge in [0.15, 0.2) is 0 Å². The van der Waals surface area contributed by atoms with Gasteiger partial charge in [-0.1, -0.05) is 0 Å². The molecule has 0 atom stereocenters. The molecule has 0 radical (unpaired) electrons. The highest BCUT2D eigenvalue weighted by Crippen LogP contribution is 2.03. The molecule has 1 fully saturated rings. The van der Waals surface area contributed by atoms with Gasteiger partial charge in [-0.05, 0) is 12.5 Å². The van der Waals surface area contributed by atoms with Gasteiger partial charge >= 0.3 is 0 Å². The maximum Gasteiger partial charge on any atom is 0.266 e. The molecule has 0 saturated carbocycles. The standard InChI is InChI=1S/C9H13N3O/c1-7-2-9(13)12(11-3-7)6-8-4-10-5-8/h2-3,8,10H,4-6H2,1H3. The fourth-order valence-electron chi connectivity index (χ4n) is 1.38. The highest BCUT2D eigenvalue weighted by Gasteiger charge is 2.17. The van der Waals surface area contributed by atoms with Crippen molar-refractivity contribution in [2.75, 3.05) is 13.1 Å². The van der Waals surface area contributed by atoms with E-state index >= 15 is 0 Å². The van der Waals surface area contributed by atoms with E-state index in [4.69, 9.17) is 0 Å². The number of nitrogens with one attached hydrogen (secondary N) is 1. The van der Waals surface area contributed by atoms with Crippen LogP contribution in [0.1, 0.15) is 5.56 Å². The fourth-order valence-corrected chi connectivity index (χ4v) is 1.38. The van der Waals surface area contributed by atoms with Gasteiger partial charge in [-0.2, -0.15) is 5.10 Å². The molecule has 4 nitrogen and oxygen atoms in total. The first-order chi connectivity index (χ1) is 6.25. The Balaban J connectivity index is 2.15. The van der Waals surface area contributed by atoms with Crippen LogP contribution in [-0.2, 0) is 6.54 Å². The lowest BCUT2D eigenvalue weighted by atomic mass is 10.0. The Kier molecular flexibility index (Phi) is 2.14. The lowest BCUT2D eigenvalue weighted by Gasteiger charge is -2.26. The second-order valence-corrected chi connectivity index (χ2v) is 3.58. The van der Waals surface area contributed by atoms with Crippen LogP contribution in [0.2, 0.25) is 0 Å². The van der Waals surface area contributed by atoms with Crippen LogP contribution in [-0.4, -0.2) is 22.9 Å². The van der Waals surface area contributed by atoms with E-state index in [2.05, 4.69) is 10.4 Å². The van der Waals surface area contributed by atoms with E-state index in [9.17, 15) is 4.79 Å². The Morgan fingerprint density at radius 2 is 2.46 bits per heavy atom. The van der Waals surface area contributed by atoms with Crippen LogP contribution < -0.4 is 10.9 Å². The van der Waals surface area contributed by atoms with Crippen molar-refractivity contribution in [3.8, 4) is 0 Å². The van der Waals surface area contributed by atoms with E-state index in [1.54, 1.807) is 16.9 Å². The minimum atomic E-state index is 0.00639. The van der Waals surface area contributed by atoms with Crippen molar-refractivity contribution in [3.63, 3.8) is 0 Å². The molecule has 2 heterocycles. The molecule has 70 valence electrons. The molecule has 4 heteroatoms. The first kappa shape index (κ1) is 8.44. The van der Waals surface area contributed by atoms with Gasteiger partial charge in [0.1, 0.15) is 0 Å². The Morgan fingerprint density at radius 3 is 3.00 bits per heavy atom. The van der Waals surface area contributed by atoms with Crippen molar-refractivity contribution in [2.45, 2.75) is 13.5 Å². The molecule has 1 aliphatic heterocycles. The molecule has 1 aromatic heterocycles. The molecule has 1 aliphatic rings. The van der Waals surface area contributed by atoms with E-state index in [1.807, 2.05) is 6.92 Å². The topological polar surface area (TPSA) is 46.9 Å².